The average molecular weight is 521 g/mol. The molecule has 0 aliphatic carbocycles. The van der Waals surface area contributed by atoms with Gasteiger partial charge in [-0.1, -0.05) is 18.2 Å². The zero-order valence-electron chi connectivity index (χ0n) is 21.7. The van der Waals surface area contributed by atoms with Crippen LogP contribution in [0.15, 0.2) is 58.3 Å². The second-order valence-corrected chi connectivity index (χ2v) is 8.90. The summed E-state index contributed by atoms with van der Waals surface area (Å²) >= 11 is 0. The fourth-order valence-corrected chi connectivity index (χ4v) is 3.94. The van der Waals surface area contributed by atoms with Crippen LogP contribution in [0.2, 0.25) is 0 Å². The van der Waals surface area contributed by atoms with Gasteiger partial charge >= 0.3 is 5.69 Å². The van der Waals surface area contributed by atoms with Gasteiger partial charge in [-0.25, -0.2) is 14.3 Å². The summed E-state index contributed by atoms with van der Waals surface area (Å²) in [5, 5.41) is 15.0. The van der Waals surface area contributed by atoms with Gasteiger partial charge in [-0.15, -0.1) is 0 Å². The standard InChI is InChI=1S/C25H28N8O5/c1-29(2)11-12-30(3)19-14-21(38-5)18(13-20(19)33(36)37)27-24-26-15-17-22(28-24)32(16-9-7-6-8-10-16)25(35)31(4)23(17)34/h6-10,13-15H,11-12H2,1-5H3,(H,26,27,28). The van der Waals surface area contributed by atoms with E-state index >= 15 is 0 Å². The number of hydrogen-bond donors (Lipinski definition) is 1. The Kier molecular flexibility index (Phi) is 7.39. The molecule has 0 unspecified atom stereocenters. The average Bonchev–Trinajstić information content (AvgIpc) is 2.90. The van der Waals surface area contributed by atoms with Crippen molar-refractivity contribution in [3.8, 4) is 11.4 Å². The normalized spacial score (nSPS) is 11.1. The minimum atomic E-state index is -0.573. The Labute approximate surface area is 217 Å². The summed E-state index contributed by atoms with van der Waals surface area (Å²) in [5.74, 6) is 0.353. The molecule has 0 spiro atoms. The van der Waals surface area contributed by atoms with Crippen molar-refractivity contribution in [1.29, 1.82) is 0 Å². The fourth-order valence-electron chi connectivity index (χ4n) is 3.94. The lowest BCUT2D eigenvalue weighted by molar-refractivity contribution is -0.384. The van der Waals surface area contributed by atoms with E-state index in [1.54, 1.807) is 48.3 Å². The van der Waals surface area contributed by atoms with Gasteiger partial charge in [-0.05, 0) is 26.2 Å². The van der Waals surface area contributed by atoms with Crippen LogP contribution in [-0.4, -0.2) is 70.3 Å². The van der Waals surface area contributed by atoms with Crippen molar-refractivity contribution in [3.63, 3.8) is 0 Å². The molecule has 0 bridgehead atoms. The number of anilines is 3. The highest BCUT2D eigenvalue weighted by Gasteiger charge is 2.23. The van der Waals surface area contributed by atoms with Crippen LogP contribution in [0.5, 0.6) is 5.75 Å². The lowest BCUT2D eigenvalue weighted by Gasteiger charge is -2.22. The smallest absolute Gasteiger partial charge is 0.337 e. The topological polar surface area (TPSA) is 141 Å². The summed E-state index contributed by atoms with van der Waals surface area (Å²) in [5.41, 5.74) is 0.00128. The monoisotopic (exact) mass is 520 g/mol. The largest absolute Gasteiger partial charge is 0.494 e. The van der Waals surface area contributed by atoms with Crippen LogP contribution in [0.25, 0.3) is 16.7 Å². The molecule has 13 heteroatoms. The number of rotatable bonds is 9. The number of benzene rings is 2. The molecule has 0 amide bonds. The number of hydrogen-bond acceptors (Lipinski definition) is 10. The Morgan fingerprint density at radius 1 is 1.11 bits per heavy atom. The molecule has 4 rings (SSSR count). The van der Waals surface area contributed by atoms with E-state index in [0.29, 0.717) is 30.2 Å². The summed E-state index contributed by atoms with van der Waals surface area (Å²) in [6.07, 6.45) is 1.32. The molecule has 0 radical (unpaired) electrons. The molecule has 38 heavy (non-hydrogen) atoms. The molecule has 0 saturated heterocycles. The molecule has 0 aliphatic heterocycles. The van der Waals surface area contributed by atoms with Crippen LogP contribution < -0.4 is 26.2 Å². The number of nitro groups is 1. The molecule has 4 aromatic rings. The van der Waals surface area contributed by atoms with E-state index in [9.17, 15) is 19.7 Å². The SMILES string of the molecule is COc1cc(N(C)CCN(C)C)c([N+](=O)[O-])cc1Nc1ncc2c(=O)n(C)c(=O)n(-c3ccccc3)c2n1. The van der Waals surface area contributed by atoms with E-state index in [4.69, 9.17) is 4.74 Å². The van der Waals surface area contributed by atoms with Gasteiger partial charge in [0.1, 0.15) is 16.8 Å². The molecule has 198 valence electrons. The number of nitrogens with one attached hydrogen (secondary N) is 1. The van der Waals surface area contributed by atoms with Crippen LogP contribution in [0.4, 0.5) is 23.0 Å². The van der Waals surface area contributed by atoms with Gasteiger partial charge in [-0.2, -0.15) is 4.98 Å². The van der Waals surface area contributed by atoms with Gasteiger partial charge in [0.2, 0.25) is 5.95 Å². The Morgan fingerprint density at radius 2 is 1.82 bits per heavy atom. The quantitative estimate of drug-likeness (QED) is 0.258. The van der Waals surface area contributed by atoms with E-state index in [1.165, 1.54) is 31.0 Å². The third-order valence-electron chi connectivity index (χ3n) is 6.04. The molecular formula is C25H28N8O5. The summed E-state index contributed by atoms with van der Waals surface area (Å²) in [4.78, 5) is 49.7. The zero-order valence-corrected chi connectivity index (χ0v) is 21.7. The lowest BCUT2D eigenvalue weighted by Crippen LogP contribution is -2.38. The fraction of sp³-hybridized carbons (Fsp3) is 0.280. The molecule has 0 fully saturated rings. The van der Waals surface area contributed by atoms with Crippen molar-refractivity contribution in [1.82, 2.24) is 24.0 Å². The minimum absolute atomic E-state index is 0.0242. The molecule has 2 aromatic heterocycles. The Hall–Kier alpha value is -4.78. The van der Waals surface area contributed by atoms with E-state index in [2.05, 4.69) is 15.3 Å². The van der Waals surface area contributed by atoms with Gasteiger partial charge < -0.3 is 19.9 Å². The van der Waals surface area contributed by atoms with Crippen LogP contribution in [-0.2, 0) is 7.05 Å². The number of para-hydroxylation sites is 1. The van der Waals surface area contributed by atoms with E-state index in [-0.39, 0.29) is 28.4 Å². The molecule has 2 heterocycles. The summed E-state index contributed by atoms with van der Waals surface area (Å²) in [7, 11) is 8.46. The maximum Gasteiger partial charge on any atom is 0.337 e. The van der Waals surface area contributed by atoms with Crippen molar-refractivity contribution in [2.45, 2.75) is 0 Å². The first-order valence-corrected chi connectivity index (χ1v) is 11.7. The number of methoxy groups -OCH3 is 1. The van der Waals surface area contributed by atoms with Crippen molar-refractivity contribution < 1.29 is 9.66 Å². The molecule has 13 nitrogen and oxygen atoms in total. The highest BCUT2D eigenvalue weighted by molar-refractivity contribution is 5.79. The Balaban J connectivity index is 1.83. The number of nitrogens with zero attached hydrogens (tertiary/aromatic N) is 7. The van der Waals surface area contributed by atoms with Crippen molar-refractivity contribution in [2.24, 2.45) is 7.05 Å². The summed E-state index contributed by atoms with van der Waals surface area (Å²) in [6.45, 7) is 1.26. The first kappa shape index (κ1) is 26.3. The molecule has 1 N–H and O–H groups in total. The van der Waals surface area contributed by atoms with Gasteiger partial charge in [0.05, 0.1) is 23.4 Å². The van der Waals surface area contributed by atoms with Crippen LogP contribution in [0, 0.1) is 10.1 Å². The Morgan fingerprint density at radius 3 is 2.45 bits per heavy atom. The number of nitro benzene ring substituents is 1. The highest BCUT2D eigenvalue weighted by Crippen LogP contribution is 2.38. The van der Waals surface area contributed by atoms with Gasteiger partial charge in [0.15, 0.2) is 5.65 Å². The Bertz CT molecular complexity index is 1610. The predicted molar refractivity (Wildman–Crippen MR) is 145 cm³/mol. The second kappa shape index (κ2) is 10.7. The minimum Gasteiger partial charge on any atom is -0.494 e. The molecule has 0 saturated carbocycles. The summed E-state index contributed by atoms with van der Waals surface area (Å²) in [6, 6.07) is 11.7. The van der Waals surface area contributed by atoms with E-state index in [1.807, 2.05) is 19.0 Å². The molecule has 0 aliphatic rings. The first-order valence-electron chi connectivity index (χ1n) is 11.7. The predicted octanol–water partition coefficient (Wildman–Crippen LogP) is 2.14. The van der Waals surface area contributed by atoms with Crippen LogP contribution in [0.3, 0.4) is 0 Å². The van der Waals surface area contributed by atoms with Gasteiger partial charge in [0.25, 0.3) is 11.2 Å². The molecule has 0 atom stereocenters. The maximum absolute atomic E-state index is 13.0. The number of likely N-dealkylation sites (N-methyl/N-ethyl adjacent to an activating group) is 2. The second-order valence-electron chi connectivity index (χ2n) is 8.90. The first-order chi connectivity index (χ1) is 18.1. The highest BCUT2D eigenvalue weighted by atomic mass is 16.6. The number of fused-ring (bicyclic) bond motifs is 1. The van der Waals surface area contributed by atoms with Crippen LogP contribution in [0.1, 0.15) is 0 Å². The third-order valence-corrected chi connectivity index (χ3v) is 6.04. The van der Waals surface area contributed by atoms with E-state index in [0.717, 1.165) is 4.57 Å². The zero-order chi connectivity index (χ0) is 27.6. The van der Waals surface area contributed by atoms with Crippen molar-refractivity contribution in [2.75, 3.05) is 51.6 Å². The summed E-state index contributed by atoms with van der Waals surface area (Å²) < 4.78 is 7.82. The van der Waals surface area contributed by atoms with Crippen molar-refractivity contribution in [3.05, 3.63) is 79.6 Å². The van der Waals surface area contributed by atoms with Gasteiger partial charge in [-0.3, -0.25) is 19.5 Å². The molecular weight excluding hydrogens is 492 g/mol. The van der Waals surface area contributed by atoms with Crippen LogP contribution >= 0.6 is 0 Å². The lowest BCUT2D eigenvalue weighted by atomic mass is 10.2. The third kappa shape index (κ3) is 5.04. The van der Waals surface area contributed by atoms with Crippen molar-refractivity contribution >= 4 is 34.0 Å². The van der Waals surface area contributed by atoms with Gasteiger partial charge in [0, 0.05) is 45.5 Å². The maximum atomic E-state index is 13.0. The molecule has 2 aromatic carbocycles. The number of ether oxygens (including phenoxy) is 1. The number of aromatic nitrogens is 4. The van der Waals surface area contributed by atoms with E-state index < -0.39 is 16.2 Å².